The number of hydrogen-bond acceptors (Lipinski definition) is 4. The summed E-state index contributed by atoms with van der Waals surface area (Å²) in [6.07, 6.45) is 7.55. The summed E-state index contributed by atoms with van der Waals surface area (Å²) >= 11 is 0. The lowest BCUT2D eigenvalue weighted by Crippen LogP contribution is -2.28. The van der Waals surface area contributed by atoms with Gasteiger partial charge >= 0.3 is 5.97 Å². The number of ketones is 1. The van der Waals surface area contributed by atoms with Crippen LogP contribution in [0, 0.1) is 5.92 Å². The van der Waals surface area contributed by atoms with E-state index in [-0.39, 0.29) is 11.8 Å². The third kappa shape index (κ3) is 5.82. The van der Waals surface area contributed by atoms with Crippen molar-refractivity contribution in [2.24, 2.45) is 10.9 Å². The number of aliphatic imine (C=N–C) groups is 1. The minimum atomic E-state index is -0.711. The van der Waals surface area contributed by atoms with Gasteiger partial charge in [-0.2, -0.15) is 0 Å². The van der Waals surface area contributed by atoms with Crippen LogP contribution in [0.5, 0.6) is 0 Å². The summed E-state index contributed by atoms with van der Waals surface area (Å²) in [4.78, 5) is 28.8. The van der Waals surface area contributed by atoms with Crippen molar-refractivity contribution in [1.29, 1.82) is 0 Å². The van der Waals surface area contributed by atoms with E-state index in [0.717, 1.165) is 32.1 Å². The van der Waals surface area contributed by atoms with E-state index in [1.165, 1.54) is 5.71 Å². The molecule has 4 heteroatoms. The van der Waals surface area contributed by atoms with Crippen LogP contribution in [0.2, 0.25) is 0 Å². The number of esters is 1. The lowest BCUT2D eigenvalue weighted by Gasteiger charge is -2.14. The van der Waals surface area contributed by atoms with Crippen molar-refractivity contribution >= 4 is 17.5 Å². The van der Waals surface area contributed by atoms with Gasteiger partial charge in [-0.05, 0) is 39.0 Å². The standard InChI is InChI=1S/C17H27NO3/c1-4-7-9-13-10-11-14(18-13)12-16(19)15(8-5-2)17(20)21-6-3/h5,14-15H,2,4,6-12H2,1,3H3. The van der Waals surface area contributed by atoms with E-state index >= 15 is 0 Å². The Labute approximate surface area is 127 Å². The van der Waals surface area contributed by atoms with Crippen LogP contribution < -0.4 is 0 Å². The minimum Gasteiger partial charge on any atom is -0.465 e. The fourth-order valence-electron chi connectivity index (χ4n) is 2.58. The van der Waals surface area contributed by atoms with Gasteiger partial charge in [0.25, 0.3) is 0 Å². The molecular formula is C17H27NO3. The molecule has 1 heterocycles. The molecular weight excluding hydrogens is 266 g/mol. The minimum absolute atomic E-state index is 0.0473. The van der Waals surface area contributed by atoms with E-state index in [2.05, 4.69) is 18.5 Å². The third-order valence-corrected chi connectivity index (χ3v) is 3.75. The summed E-state index contributed by atoms with van der Waals surface area (Å²) < 4.78 is 4.97. The topological polar surface area (TPSA) is 55.7 Å². The predicted octanol–water partition coefficient (Wildman–Crippen LogP) is 3.49. The van der Waals surface area contributed by atoms with Crippen molar-refractivity contribution in [1.82, 2.24) is 0 Å². The molecule has 0 saturated carbocycles. The van der Waals surface area contributed by atoms with Gasteiger partial charge in [0.2, 0.25) is 0 Å². The van der Waals surface area contributed by atoms with Gasteiger partial charge < -0.3 is 4.74 Å². The molecule has 0 bridgehead atoms. The zero-order chi connectivity index (χ0) is 15.7. The first kappa shape index (κ1) is 17.6. The lowest BCUT2D eigenvalue weighted by atomic mass is 9.94. The Bertz CT molecular complexity index is 401. The quantitative estimate of drug-likeness (QED) is 0.352. The highest BCUT2D eigenvalue weighted by Crippen LogP contribution is 2.22. The third-order valence-electron chi connectivity index (χ3n) is 3.75. The maximum atomic E-state index is 12.3. The average Bonchev–Trinajstić information content (AvgIpc) is 2.90. The van der Waals surface area contributed by atoms with Crippen LogP contribution in [0.25, 0.3) is 0 Å². The molecule has 0 aromatic carbocycles. The molecule has 21 heavy (non-hydrogen) atoms. The van der Waals surface area contributed by atoms with E-state index in [4.69, 9.17) is 4.74 Å². The second-order valence-corrected chi connectivity index (χ2v) is 5.49. The zero-order valence-corrected chi connectivity index (χ0v) is 13.3. The molecule has 0 fully saturated rings. The summed E-state index contributed by atoms with van der Waals surface area (Å²) in [7, 11) is 0. The number of carbonyl (C=O) groups is 2. The van der Waals surface area contributed by atoms with E-state index in [1.807, 2.05) is 0 Å². The van der Waals surface area contributed by atoms with Gasteiger partial charge in [-0.1, -0.05) is 19.4 Å². The van der Waals surface area contributed by atoms with Crippen LogP contribution in [0.3, 0.4) is 0 Å². The molecule has 0 amide bonds. The predicted molar refractivity (Wildman–Crippen MR) is 84.5 cm³/mol. The molecule has 2 atom stereocenters. The zero-order valence-electron chi connectivity index (χ0n) is 13.3. The van der Waals surface area contributed by atoms with Crippen LogP contribution in [0.15, 0.2) is 17.6 Å². The van der Waals surface area contributed by atoms with Crippen LogP contribution in [0.4, 0.5) is 0 Å². The van der Waals surface area contributed by atoms with Crippen molar-refractivity contribution in [3.05, 3.63) is 12.7 Å². The second kappa shape index (κ2) is 9.48. The highest BCUT2D eigenvalue weighted by molar-refractivity contribution is 5.99. The van der Waals surface area contributed by atoms with E-state index in [9.17, 15) is 9.59 Å². The molecule has 0 aromatic rings. The molecule has 4 nitrogen and oxygen atoms in total. The Kier molecular flexibility index (Phi) is 7.95. The smallest absolute Gasteiger partial charge is 0.316 e. The van der Waals surface area contributed by atoms with Gasteiger partial charge in [0.1, 0.15) is 11.7 Å². The fourth-order valence-corrected chi connectivity index (χ4v) is 2.58. The average molecular weight is 293 g/mol. The molecule has 1 rings (SSSR count). The Balaban J connectivity index is 2.55. The largest absolute Gasteiger partial charge is 0.465 e. The van der Waals surface area contributed by atoms with E-state index in [1.54, 1.807) is 13.0 Å². The fraction of sp³-hybridized carbons (Fsp3) is 0.706. The van der Waals surface area contributed by atoms with Gasteiger partial charge in [-0.3, -0.25) is 14.6 Å². The molecule has 0 aromatic heterocycles. The molecule has 2 unspecified atom stereocenters. The summed E-state index contributed by atoms with van der Waals surface area (Å²) in [6, 6.07) is 0.0473. The maximum absolute atomic E-state index is 12.3. The number of allylic oxidation sites excluding steroid dienone is 1. The number of unbranched alkanes of at least 4 members (excludes halogenated alkanes) is 1. The molecule has 0 N–H and O–H groups in total. The SMILES string of the molecule is C=CCC(C(=O)CC1CCC(CCCC)=N1)C(=O)OCC. The number of rotatable bonds is 10. The summed E-state index contributed by atoms with van der Waals surface area (Å²) in [5.41, 5.74) is 1.23. The number of hydrogen-bond donors (Lipinski definition) is 0. The highest BCUT2D eigenvalue weighted by atomic mass is 16.5. The first-order valence-corrected chi connectivity index (χ1v) is 7.98. The number of nitrogens with zero attached hydrogens (tertiary/aromatic N) is 1. The van der Waals surface area contributed by atoms with Gasteiger partial charge in [0.15, 0.2) is 0 Å². The number of carbonyl (C=O) groups excluding carboxylic acids is 2. The summed E-state index contributed by atoms with van der Waals surface area (Å²) in [5, 5.41) is 0. The van der Waals surface area contributed by atoms with Crippen molar-refractivity contribution in [2.75, 3.05) is 6.61 Å². The molecule has 1 aliphatic heterocycles. The van der Waals surface area contributed by atoms with Crippen LogP contribution in [-0.4, -0.2) is 30.1 Å². The van der Waals surface area contributed by atoms with Crippen molar-refractivity contribution in [3.8, 4) is 0 Å². The Morgan fingerprint density at radius 2 is 2.24 bits per heavy atom. The van der Waals surface area contributed by atoms with Crippen molar-refractivity contribution in [2.45, 2.75) is 64.8 Å². The Morgan fingerprint density at radius 1 is 1.48 bits per heavy atom. The van der Waals surface area contributed by atoms with Gasteiger partial charge in [0.05, 0.1) is 12.6 Å². The number of Topliss-reactive ketones (excluding diaryl/α,β-unsaturated/α-hetero) is 1. The van der Waals surface area contributed by atoms with Crippen LogP contribution in [0.1, 0.15) is 58.8 Å². The van der Waals surface area contributed by atoms with Crippen LogP contribution in [-0.2, 0) is 14.3 Å². The summed E-state index contributed by atoms with van der Waals surface area (Å²) in [5.74, 6) is -1.22. The molecule has 0 radical (unpaired) electrons. The van der Waals surface area contributed by atoms with Crippen LogP contribution >= 0.6 is 0 Å². The Morgan fingerprint density at radius 3 is 2.86 bits per heavy atom. The lowest BCUT2D eigenvalue weighted by molar-refractivity contribution is -0.151. The maximum Gasteiger partial charge on any atom is 0.316 e. The molecule has 1 aliphatic rings. The molecule has 118 valence electrons. The monoisotopic (exact) mass is 293 g/mol. The summed E-state index contributed by atoms with van der Waals surface area (Å²) in [6.45, 7) is 7.82. The first-order valence-electron chi connectivity index (χ1n) is 7.98. The highest BCUT2D eigenvalue weighted by Gasteiger charge is 2.29. The van der Waals surface area contributed by atoms with Crippen molar-refractivity contribution in [3.63, 3.8) is 0 Å². The normalized spacial score (nSPS) is 19.0. The molecule has 0 saturated heterocycles. The first-order chi connectivity index (χ1) is 10.1. The van der Waals surface area contributed by atoms with E-state index < -0.39 is 11.9 Å². The van der Waals surface area contributed by atoms with Gasteiger partial charge in [0, 0.05) is 12.1 Å². The molecule has 0 aliphatic carbocycles. The van der Waals surface area contributed by atoms with E-state index in [0.29, 0.717) is 19.4 Å². The Hall–Kier alpha value is -1.45. The second-order valence-electron chi connectivity index (χ2n) is 5.49. The number of ether oxygens (including phenoxy) is 1. The van der Waals surface area contributed by atoms with Gasteiger partial charge in [-0.25, -0.2) is 0 Å². The van der Waals surface area contributed by atoms with Crippen molar-refractivity contribution < 1.29 is 14.3 Å². The molecule has 0 spiro atoms. The van der Waals surface area contributed by atoms with Gasteiger partial charge in [-0.15, -0.1) is 6.58 Å².